The monoisotopic (exact) mass is 277 g/mol. The van der Waals surface area contributed by atoms with E-state index in [1.54, 1.807) is 30.3 Å². The molecule has 1 rings (SSSR count). The van der Waals surface area contributed by atoms with Crippen LogP contribution in [-0.4, -0.2) is 35.1 Å². The van der Waals surface area contributed by atoms with Crippen molar-refractivity contribution in [2.75, 3.05) is 6.54 Å². The van der Waals surface area contributed by atoms with E-state index in [0.29, 0.717) is 18.4 Å². The molecule has 1 aromatic rings. The van der Waals surface area contributed by atoms with Gasteiger partial charge >= 0.3 is 0 Å². The molecule has 0 saturated heterocycles. The lowest BCUT2D eigenvalue weighted by Crippen LogP contribution is -2.27. The quantitative estimate of drug-likeness (QED) is 0.508. The van der Waals surface area contributed by atoms with Gasteiger partial charge in [-0.2, -0.15) is 0 Å². The van der Waals surface area contributed by atoms with Crippen molar-refractivity contribution in [3.05, 3.63) is 41.5 Å². The van der Waals surface area contributed by atoms with Gasteiger partial charge in [-0.05, 0) is 23.6 Å². The molecule has 0 heterocycles. The van der Waals surface area contributed by atoms with Crippen LogP contribution in [0.2, 0.25) is 0 Å². The first kappa shape index (κ1) is 16.1. The summed E-state index contributed by atoms with van der Waals surface area (Å²) in [4.78, 5) is 20.9. The molecular weight excluding hydrogens is 258 g/mol. The highest BCUT2D eigenvalue weighted by atomic mass is 16.3. The van der Waals surface area contributed by atoms with Crippen LogP contribution >= 0.6 is 0 Å². The number of hydrogen-bond donors (Lipinski definition) is 3. The number of amides is 1. The highest BCUT2D eigenvalue weighted by Crippen LogP contribution is 2.19. The fraction of sp³-hybridized carbons (Fsp3) is 0.333. The van der Waals surface area contributed by atoms with Gasteiger partial charge in [0, 0.05) is 13.5 Å². The van der Waals surface area contributed by atoms with Gasteiger partial charge in [-0.15, -0.1) is 0 Å². The first-order valence-electron chi connectivity index (χ1n) is 6.37. The smallest absolute Gasteiger partial charge is 0.216 e. The number of benzene rings is 1. The molecule has 0 saturated carbocycles. The Morgan fingerprint density at radius 3 is 2.50 bits per heavy atom. The SMILES string of the molecule is CC(=O)NCCC(O)C(O)c1ccc(/C=C/C=O)cc1. The van der Waals surface area contributed by atoms with Crippen LogP contribution in [0.1, 0.15) is 30.6 Å². The van der Waals surface area contributed by atoms with E-state index in [2.05, 4.69) is 5.32 Å². The Bertz CT molecular complexity index is 467. The number of aliphatic hydroxyl groups is 2. The predicted octanol–water partition coefficient (Wildman–Crippen LogP) is 0.819. The number of carbonyl (C=O) groups excluding carboxylic acids is 2. The molecule has 0 aliphatic heterocycles. The molecular formula is C15H19NO4. The number of aliphatic hydroxyl groups excluding tert-OH is 2. The number of hydrogen-bond acceptors (Lipinski definition) is 4. The summed E-state index contributed by atoms with van der Waals surface area (Å²) in [6.07, 6.45) is 2.04. The maximum absolute atomic E-state index is 10.7. The molecule has 0 aromatic heterocycles. The molecule has 1 amide bonds. The van der Waals surface area contributed by atoms with Gasteiger partial charge in [0.05, 0.1) is 6.10 Å². The van der Waals surface area contributed by atoms with Gasteiger partial charge in [-0.3, -0.25) is 9.59 Å². The highest BCUT2D eigenvalue weighted by molar-refractivity contribution is 5.73. The minimum absolute atomic E-state index is 0.169. The molecule has 0 aliphatic carbocycles. The minimum atomic E-state index is -1.01. The lowest BCUT2D eigenvalue weighted by atomic mass is 10.0. The Hall–Kier alpha value is -1.98. The lowest BCUT2D eigenvalue weighted by Gasteiger charge is -2.18. The normalized spacial score (nSPS) is 13.9. The fourth-order valence-corrected chi connectivity index (χ4v) is 1.73. The van der Waals surface area contributed by atoms with Crippen LogP contribution in [0.4, 0.5) is 0 Å². The van der Waals surface area contributed by atoms with E-state index in [-0.39, 0.29) is 12.3 Å². The maximum atomic E-state index is 10.7. The van der Waals surface area contributed by atoms with E-state index in [4.69, 9.17) is 0 Å². The molecule has 20 heavy (non-hydrogen) atoms. The van der Waals surface area contributed by atoms with Crippen molar-refractivity contribution in [1.82, 2.24) is 5.32 Å². The van der Waals surface area contributed by atoms with E-state index in [9.17, 15) is 19.8 Å². The minimum Gasteiger partial charge on any atom is -0.390 e. The van der Waals surface area contributed by atoms with Crippen LogP contribution in [0, 0.1) is 0 Å². The van der Waals surface area contributed by atoms with Crippen LogP contribution in [0.5, 0.6) is 0 Å². The molecule has 2 unspecified atom stereocenters. The van der Waals surface area contributed by atoms with E-state index in [1.165, 1.54) is 13.0 Å². The molecule has 108 valence electrons. The van der Waals surface area contributed by atoms with E-state index in [1.807, 2.05) is 0 Å². The average Bonchev–Trinajstić information content (AvgIpc) is 2.44. The molecule has 1 aromatic carbocycles. The van der Waals surface area contributed by atoms with Crippen LogP contribution < -0.4 is 5.32 Å². The van der Waals surface area contributed by atoms with E-state index < -0.39 is 12.2 Å². The van der Waals surface area contributed by atoms with Gasteiger partial charge in [-0.25, -0.2) is 0 Å². The van der Waals surface area contributed by atoms with Crippen molar-refractivity contribution in [3.63, 3.8) is 0 Å². The van der Waals surface area contributed by atoms with Crippen LogP contribution in [0.15, 0.2) is 30.3 Å². The predicted molar refractivity (Wildman–Crippen MR) is 75.8 cm³/mol. The number of rotatable bonds is 7. The molecule has 5 heteroatoms. The lowest BCUT2D eigenvalue weighted by molar-refractivity contribution is -0.119. The van der Waals surface area contributed by atoms with Gasteiger partial charge in [0.15, 0.2) is 0 Å². The van der Waals surface area contributed by atoms with Crippen molar-refractivity contribution in [2.24, 2.45) is 0 Å². The van der Waals surface area contributed by atoms with Crippen molar-refractivity contribution in [1.29, 1.82) is 0 Å². The molecule has 0 aliphatic rings. The Labute approximate surface area is 117 Å². The van der Waals surface area contributed by atoms with Crippen LogP contribution in [-0.2, 0) is 9.59 Å². The second-order valence-electron chi connectivity index (χ2n) is 4.45. The summed E-state index contributed by atoms with van der Waals surface area (Å²) in [5.74, 6) is -0.169. The molecule has 5 nitrogen and oxygen atoms in total. The summed E-state index contributed by atoms with van der Waals surface area (Å²) < 4.78 is 0. The number of aldehydes is 1. The van der Waals surface area contributed by atoms with Crippen LogP contribution in [0.25, 0.3) is 6.08 Å². The number of allylic oxidation sites excluding steroid dienone is 1. The van der Waals surface area contributed by atoms with Crippen molar-refractivity contribution >= 4 is 18.3 Å². The summed E-state index contributed by atoms with van der Waals surface area (Å²) in [5.41, 5.74) is 1.42. The zero-order valence-corrected chi connectivity index (χ0v) is 11.3. The molecule has 3 N–H and O–H groups in total. The largest absolute Gasteiger partial charge is 0.390 e. The maximum Gasteiger partial charge on any atom is 0.216 e. The van der Waals surface area contributed by atoms with Gasteiger partial charge in [0.1, 0.15) is 12.4 Å². The van der Waals surface area contributed by atoms with Gasteiger partial charge in [-0.1, -0.05) is 30.3 Å². The Kier molecular flexibility index (Phi) is 6.63. The Morgan fingerprint density at radius 1 is 1.30 bits per heavy atom. The molecule has 0 radical (unpaired) electrons. The Balaban J connectivity index is 2.57. The zero-order chi connectivity index (χ0) is 15.0. The molecule has 0 fully saturated rings. The Morgan fingerprint density at radius 2 is 1.95 bits per heavy atom. The van der Waals surface area contributed by atoms with E-state index >= 15 is 0 Å². The average molecular weight is 277 g/mol. The third kappa shape index (κ3) is 5.34. The van der Waals surface area contributed by atoms with Crippen molar-refractivity contribution in [3.8, 4) is 0 Å². The molecule has 0 bridgehead atoms. The topological polar surface area (TPSA) is 86.6 Å². The third-order valence-corrected chi connectivity index (χ3v) is 2.82. The highest BCUT2D eigenvalue weighted by Gasteiger charge is 2.17. The summed E-state index contributed by atoms with van der Waals surface area (Å²) in [6.45, 7) is 1.71. The summed E-state index contributed by atoms with van der Waals surface area (Å²) >= 11 is 0. The fourth-order valence-electron chi connectivity index (χ4n) is 1.73. The van der Waals surface area contributed by atoms with Crippen molar-refractivity contribution < 1.29 is 19.8 Å². The molecule has 0 spiro atoms. The van der Waals surface area contributed by atoms with E-state index in [0.717, 1.165) is 5.56 Å². The van der Waals surface area contributed by atoms with Gasteiger partial charge in [0.25, 0.3) is 0 Å². The first-order valence-corrected chi connectivity index (χ1v) is 6.37. The third-order valence-electron chi connectivity index (χ3n) is 2.82. The summed E-state index contributed by atoms with van der Waals surface area (Å²) in [7, 11) is 0. The van der Waals surface area contributed by atoms with Gasteiger partial charge in [0.2, 0.25) is 5.91 Å². The first-order chi connectivity index (χ1) is 9.54. The second kappa shape index (κ2) is 8.24. The zero-order valence-electron chi connectivity index (χ0n) is 11.3. The van der Waals surface area contributed by atoms with Crippen LogP contribution in [0.3, 0.4) is 0 Å². The second-order valence-corrected chi connectivity index (χ2v) is 4.45. The number of nitrogens with one attached hydrogen (secondary N) is 1. The summed E-state index contributed by atoms with van der Waals surface area (Å²) in [6, 6.07) is 6.88. The summed E-state index contributed by atoms with van der Waals surface area (Å²) in [5, 5.41) is 22.4. The van der Waals surface area contributed by atoms with Crippen molar-refractivity contribution in [2.45, 2.75) is 25.6 Å². The van der Waals surface area contributed by atoms with Gasteiger partial charge < -0.3 is 15.5 Å². The number of carbonyl (C=O) groups is 2. The standard InChI is InChI=1S/C15H19NO4/c1-11(18)16-9-8-14(19)15(20)13-6-4-12(5-7-13)3-2-10-17/h2-7,10,14-15,19-20H,8-9H2,1H3,(H,16,18)/b3-2+. The molecule has 2 atom stereocenters.